The minimum atomic E-state index is -3.94. The van der Waals surface area contributed by atoms with Crippen LogP contribution in [-0.4, -0.2) is 6.61 Å². The van der Waals surface area contributed by atoms with E-state index in [0.717, 1.165) is 35.8 Å². The minimum Gasteiger partial charge on any atom is -0.491 e. The molecule has 0 unspecified atom stereocenters. The first-order valence-corrected chi connectivity index (χ1v) is 11.6. The van der Waals surface area contributed by atoms with E-state index in [1.165, 1.54) is 36.4 Å². The SMILES string of the molecule is CCCc1ccc(OC(F)(F)c2ccc3cc(-c4ccc(OCC)c(F)c4F)sc3c2F)cc1. The van der Waals surface area contributed by atoms with Crippen molar-refractivity contribution >= 4 is 21.4 Å². The van der Waals surface area contributed by atoms with Crippen LogP contribution in [0.15, 0.2) is 54.6 Å². The topological polar surface area (TPSA) is 18.5 Å². The van der Waals surface area contributed by atoms with Gasteiger partial charge in [-0.2, -0.15) is 13.2 Å². The summed E-state index contributed by atoms with van der Waals surface area (Å²) in [5.74, 6) is -3.82. The van der Waals surface area contributed by atoms with Crippen molar-refractivity contribution in [2.24, 2.45) is 0 Å². The van der Waals surface area contributed by atoms with E-state index < -0.39 is 29.1 Å². The molecule has 1 heterocycles. The zero-order chi connectivity index (χ0) is 24.5. The zero-order valence-electron chi connectivity index (χ0n) is 18.4. The van der Waals surface area contributed by atoms with Gasteiger partial charge in [0.2, 0.25) is 5.82 Å². The summed E-state index contributed by atoms with van der Waals surface area (Å²) in [5, 5.41) is 0.287. The fourth-order valence-electron chi connectivity index (χ4n) is 3.63. The van der Waals surface area contributed by atoms with Gasteiger partial charge in [-0.1, -0.05) is 31.5 Å². The molecule has 0 radical (unpaired) electrons. The van der Waals surface area contributed by atoms with Crippen LogP contribution in [0.5, 0.6) is 11.5 Å². The number of rotatable bonds is 8. The number of aryl methyl sites for hydroxylation is 1. The summed E-state index contributed by atoms with van der Waals surface area (Å²) < 4.78 is 83.5. The summed E-state index contributed by atoms with van der Waals surface area (Å²) in [7, 11) is 0. The van der Waals surface area contributed by atoms with Gasteiger partial charge >= 0.3 is 6.11 Å². The van der Waals surface area contributed by atoms with E-state index in [0.29, 0.717) is 0 Å². The minimum absolute atomic E-state index is 0.0943. The molecule has 0 aliphatic rings. The van der Waals surface area contributed by atoms with E-state index >= 15 is 4.39 Å². The molecule has 4 rings (SSSR count). The Labute approximate surface area is 197 Å². The number of hydrogen-bond donors (Lipinski definition) is 0. The highest BCUT2D eigenvalue weighted by Gasteiger charge is 2.38. The molecule has 0 N–H and O–H groups in total. The van der Waals surface area contributed by atoms with Gasteiger partial charge in [0.05, 0.1) is 11.3 Å². The molecule has 1 aromatic heterocycles. The van der Waals surface area contributed by atoms with Crippen molar-refractivity contribution in [1.82, 2.24) is 0 Å². The maximum atomic E-state index is 15.2. The number of halogens is 5. The predicted molar refractivity (Wildman–Crippen MR) is 123 cm³/mol. The maximum Gasteiger partial charge on any atom is 0.429 e. The van der Waals surface area contributed by atoms with Gasteiger partial charge in [0.25, 0.3) is 0 Å². The van der Waals surface area contributed by atoms with Crippen LogP contribution in [0.3, 0.4) is 0 Å². The van der Waals surface area contributed by atoms with Crippen LogP contribution in [0.1, 0.15) is 31.4 Å². The molecule has 0 amide bonds. The van der Waals surface area contributed by atoms with Crippen LogP contribution < -0.4 is 9.47 Å². The smallest absolute Gasteiger partial charge is 0.429 e. The maximum absolute atomic E-state index is 15.2. The predicted octanol–water partition coefficient (Wildman–Crippen LogP) is 8.47. The molecule has 2 nitrogen and oxygen atoms in total. The fourth-order valence-corrected chi connectivity index (χ4v) is 4.75. The molecule has 0 fully saturated rings. The van der Waals surface area contributed by atoms with Crippen molar-refractivity contribution in [3.05, 3.63) is 83.2 Å². The highest BCUT2D eigenvalue weighted by Crippen LogP contribution is 2.42. The average Bonchev–Trinajstić information content (AvgIpc) is 3.23. The number of fused-ring (bicyclic) bond motifs is 1. The van der Waals surface area contributed by atoms with Crippen LogP contribution in [-0.2, 0) is 12.5 Å². The monoisotopic (exact) mass is 492 g/mol. The van der Waals surface area contributed by atoms with Crippen LogP contribution in [0.4, 0.5) is 22.0 Å². The molecule has 0 saturated heterocycles. The summed E-state index contributed by atoms with van der Waals surface area (Å²) >= 11 is 0.752. The van der Waals surface area contributed by atoms with E-state index in [1.807, 2.05) is 6.92 Å². The molecular formula is C26H21F5O2S. The Morgan fingerprint density at radius 1 is 0.853 bits per heavy atom. The van der Waals surface area contributed by atoms with Crippen molar-refractivity contribution in [2.45, 2.75) is 32.8 Å². The second kappa shape index (κ2) is 9.62. The number of hydrogen-bond acceptors (Lipinski definition) is 3. The first kappa shape index (κ1) is 24.0. The first-order valence-electron chi connectivity index (χ1n) is 10.7. The molecule has 0 atom stereocenters. The lowest BCUT2D eigenvalue weighted by Crippen LogP contribution is -2.23. The van der Waals surface area contributed by atoms with Gasteiger partial charge in [-0.25, -0.2) is 8.78 Å². The molecule has 178 valence electrons. The molecule has 34 heavy (non-hydrogen) atoms. The van der Waals surface area contributed by atoms with Crippen molar-refractivity contribution in [3.8, 4) is 21.9 Å². The third-order valence-electron chi connectivity index (χ3n) is 5.26. The van der Waals surface area contributed by atoms with Gasteiger partial charge in [-0.3, -0.25) is 0 Å². The summed E-state index contributed by atoms with van der Waals surface area (Å²) in [6, 6.07) is 12.5. The van der Waals surface area contributed by atoms with Crippen molar-refractivity contribution < 1.29 is 31.4 Å². The van der Waals surface area contributed by atoms with Crippen LogP contribution in [0, 0.1) is 17.5 Å². The van der Waals surface area contributed by atoms with Crippen LogP contribution in [0.25, 0.3) is 20.5 Å². The molecule has 8 heteroatoms. The molecule has 4 aromatic rings. The Bertz CT molecular complexity index is 1320. The normalized spacial score (nSPS) is 11.7. The van der Waals surface area contributed by atoms with Gasteiger partial charge < -0.3 is 9.47 Å². The average molecular weight is 493 g/mol. The highest BCUT2D eigenvalue weighted by molar-refractivity contribution is 7.22. The van der Waals surface area contributed by atoms with Crippen molar-refractivity contribution in [1.29, 1.82) is 0 Å². The third-order valence-corrected chi connectivity index (χ3v) is 6.44. The van der Waals surface area contributed by atoms with Crippen LogP contribution >= 0.6 is 11.3 Å². The second-order valence-corrected chi connectivity index (χ2v) is 8.69. The van der Waals surface area contributed by atoms with Crippen LogP contribution in [0.2, 0.25) is 0 Å². The van der Waals surface area contributed by atoms with E-state index in [9.17, 15) is 17.6 Å². The summed E-state index contributed by atoms with van der Waals surface area (Å²) in [4.78, 5) is 0.196. The van der Waals surface area contributed by atoms with Gasteiger partial charge in [0.15, 0.2) is 17.4 Å². The number of benzene rings is 3. The van der Waals surface area contributed by atoms with Crippen molar-refractivity contribution in [3.63, 3.8) is 0 Å². The van der Waals surface area contributed by atoms with Gasteiger partial charge in [0.1, 0.15) is 11.3 Å². The lowest BCUT2D eigenvalue weighted by atomic mass is 10.1. The van der Waals surface area contributed by atoms with Gasteiger partial charge in [-0.15, -0.1) is 11.3 Å². The Kier molecular flexibility index (Phi) is 6.79. The van der Waals surface area contributed by atoms with E-state index in [-0.39, 0.29) is 38.6 Å². The number of alkyl halides is 2. The largest absolute Gasteiger partial charge is 0.491 e. The molecule has 3 aromatic carbocycles. The summed E-state index contributed by atoms with van der Waals surface area (Å²) in [6.07, 6.45) is -2.22. The van der Waals surface area contributed by atoms with Gasteiger partial charge in [-0.05, 0) is 60.7 Å². The fraction of sp³-hybridized carbons (Fsp3) is 0.231. The lowest BCUT2D eigenvalue weighted by molar-refractivity contribution is -0.187. The molecule has 0 aliphatic carbocycles. The van der Waals surface area contributed by atoms with Crippen molar-refractivity contribution in [2.75, 3.05) is 6.61 Å². The molecule has 0 aliphatic heterocycles. The quantitative estimate of drug-likeness (QED) is 0.230. The second-order valence-electron chi connectivity index (χ2n) is 7.64. The lowest BCUT2D eigenvalue weighted by Gasteiger charge is -2.19. The summed E-state index contributed by atoms with van der Waals surface area (Å²) in [5.41, 5.74) is -0.0718. The Hall–Kier alpha value is -3.13. The molecular weight excluding hydrogens is 471 g/mol. The molecule has 0 spiro atoms. The van der Waals surface area contributed by atoms with E-state index in [4.69, 9.17) is 9.47 Å². The zero-order valence-corrected chi connectivity index (χ0v) is 19.2. The standard InChI is InChI=1S/C26H21F5O2S/c1-3-5-15-6-9-17(10-7-15)33-26(30,31)19-12-8-16-14-21(34-25(16)23(19)28)18-11-13-20(32-4-2)24(29)22(18)27/h6-14H,3-5H2,1-2H3. The Balaban J connectivity index is 1.67. The Morgan fingerprint density at radius 2 is 1.59 bits per heavy atom. The first-order chi connectivity index (χ1) is 16.2. The van der Waals surface area contributed by atoms with E-state index in [2.05, 4.69) is 0 Å². The van der Waals surface area contributed by atoms with E-state index in [1.54, 1.807) is 19.1 Å². The highest BCUT2D eigenvalue weighted by atomic mass is 32.1. The van der Waals surface area contributed by atoms with Gasteiger partial charge in [0, 0.05) is 10.4 Å². The summed E-state index contributed by atoms with van der Waals surface area (Å²) in [6.45, 7) is 3.80. The molecule has 0 bridgehead atoms. The Morgan fingerprint density at radius 3 is 2.26 bits per heavy atom. The number of ether oxygens (including phenoxy) is 2. The number of thiophene rings is 1. The molecule has 0 saturated carbocycles. The third kappa shape index (κ3) is 4.59.